The number of unbranched alkanes of at least 4 members (excludes halogenated alkanes) is 23. The van der Waals surface area contributed by atoms with Gasteiger partial charge in [0.25, 0.3) is 0 Å². The summed E-state index contributed by atoms with van der Waals surface area (Å²) in [6.07, 6.45) is 45.1. The first-order valence-electron chi connectivity index (χ1n) is 22.2. The maximum atomic E-state index is 9.71. The van der Waals surface area contributed by atoms with Gasteiger partial charge in [0.05, 0.1) is 19.0 Å². The fourth-order valence-electron chi connectivity index (χ4n) is 7.46. The standard InChI is InChI=1S/C45H91NO2/c1-6-9-12-15-18-26-33-42-48-44(5)35-28-20-19-25-32-39-46(40-41-47)43(4)34-27-23-24-31-38-45(36-29-21-16-13-10-7-2)37-30-22-17-14-11-8-3/h43,45,47H,5-42H2,1-4H3. The fourth-order valence-corrected chi connectivity index (χ4v) is 7.46. The van der Waals surface area contributed by atoms with Crippen LogP contribution in [0.5, 0.6) is 0 Å². The van der Waals surface area contributed by atoms with Gasteiger partial charge in [-0.3, -0.25) is 4.90 Å². The van der Waals surface area contributed by atoms with Crippen molar-refractivity contribution in [1.82, 2.24) is 4.90 Å². The van der Waals surface area contributed by atoms with E-state index < -0.39 is 0 Å². The molecule has 0 rings (SSSR count). The zero-order valence-electron chi connectivity index (χ0n) is 33.8. The summed E-state index contributed by atoms with van der Waals surface area (Å²) in [5.41, 5.74) is 0. The summed E-state index contributed by atoms with van der Waals surface area (Å²) in [7, 11) is 0. The van der Waals surface area contributed by atoms with Crippen LogP contribution < -0.4 is 0 Å². The van der Waals surface area contributed by atoms with Crippen LogP contribution in [-0.2, 0) is 4.74 Å². The predicted octanol–water partition coefficient (Wildman–Crippen LogP) is 14.7. The lowest BCUT2D eigenvalue weighted by atomic mass is 9.89. The molecule has 0 amide bonds. The molecule has 0 aromatic rings. The highest BCUT2D eigenvalue weighted by atomic mass is 16.5. The van der Waals surface area contributed by atoms with Crippen LogP contribution in [0, 0.1) is 5.92 Å². The molecule has 0 aliphatic carbocycles. The third-order valence-corrected chi connectivity index (χ3v) is 10.9. The summed E-state index contributed by atoms with van der Waals surface area (Å²) in [6.45, 7) is 16.6. The molecule has 1 N–H and O–H groups in total. The van der Waals surface area contributed by atoms with Gasteiger partial charge < -0.3 is 9.84 Å². The molecule has 288 valence electrons. The monoisotopic (exact) mass is 678 g/mol. The highest BCUT2D eigenvalue weighted by molar-refractivity contribution is 4.81. The van der Waals surface area contributed by atoms with Crippen LogP contribution >= 0.6 is 0 Å². The second kappa shape index (κ2) is 39.2. The van der Waals surface area contributed by atoms with Gasteiger partial charge in [0.2, 0.25) is 0 Å². The second-order valence-corrected chi connectivity index (χ2v) is 15.6. The van der Waals surface area contributed by atoms with E-state index in [1.807, 2.05) is 0 Å². The van der Waals surface area contributed by atoms with Crippen LogP contribution in [0.15, 0.2) is 12.3 Å². The minimum Gasteiger partial charge on any atom is -0.499 e. The van der Waals surface area contributed by atoms with Crippen LogP contribution in [0.2, 0.25) is 0 Å². The Morgan fingerprint density at radius 1 is 0.500 bits per heavy atom. The number of aliphatic hydroxyl groups excluding tert-OH is 1. The highest BCUT2D eigenvalue weighted by Crippen LogP contribution is 2.25. The van der Waals surface area contributed by atoms with Gasteiger partial charge in [-0.1, -0.05) is 207 Å². The normalized spacial score (nSPS) is 12.4. The molecule has 0 heterocycles. The van der Waals surface area contributed by atoms with E-state index in [-0.39, 0.29) is 6.61 Å². The van der Waals surface area contributed by atoms with E-state index in [0.29, 0.717) is 6.04 Å². The van der Waals surface area contributed by atoms with E-state index in [9.17, 15) is 5.11 Å². The first kappa shape index (κ1) is 47.5. The molecule has 0 aliphatic heterocycles. The largest absolute Gasteiger partial charge is 0.499 e. The van der Waals surface area contributed by atoms with Crippen molar-refractivity contribution in [2.75, 3.05) is 26.3 Å². The zero-order chi connectivity index (χ0) is 35.2. The number of allylic oxidation sites excluding steroid dienone is 1. The topological polar surface area (TPSA) is 32.7 Å². The summed E-state index contributed by atoms with van der Waals surface area (Å²) >= 11 is 0. The third kappa shape index (κ3) is 33.9. The Kier molecular flexibility index (Phi) is 38.8. The summed E-state index contributed by atoms with van der Waals surface area (Å²) in [5.74, 6) is 1.97. The Morgan fingerprint density at radius 2 is 0.896 bits per heavy atom. The van der Waals surface area contributed by atoms with Gasteiger partial charge in [-0.25, -0.2) is 0 Å². The van der Waals surface area contributed by atoms with Crippen LogP contribution in [-0.4, -0.2) is 42.4 Å². The molecular formula is C45H91NO2. The first-order valence-corrected chi connectivity index (χ1v) is 22.2. The summed E-state index contributed by atoms with van der Waals surface area (Å²) in [6, 6.07) is 0.585. The molecule has 0 aliphatic rings. The summed E-state index contributed by atoms with van der Waals surface area (Å²) < 4.78 is 5.88. The molecule has 0 spiro atoms. The van der Waals surface area contributed by atoms with E-state index in [2.05, 4.69) is 39.2 Å². The Labute approximate surface area is 304 Å². The zero-order valence-corrected chi connectivity index (χ0v) is 33.8. The van der Waals surface area contributed by atoms with Gasteiger partial charge in [0.15, 0.2) is 0 Å². The lowest BCUT2D eigenvalue weighted by molar-refractivity contribution is 0.148. The van der Waals surface area contributed by atoms with E-state index in [4.69, 9.17) is 4.74 Å². The molecule has 0 fully saturated rings. The smallest absolute Gasteiger partial charge is 0.0888 e. The van der Waals surface area contributed by atoms with E-state index >= 15 is 0 Å². The number of rotatable bonds is 41. The molecule has 48 heavy (non-hydrogen) atoms. The minimum absolute atomic E-state index is 0.282. The Bertz CT molecular complexity index is 606. The molecular weight excluding hydrogens is 587 g/mol. The lowest BCUT2D eigenvalue weighted by Gasteiger charge is -2.28. The van der Waals surface area contributed by atoms with Gasteiger partial charge in [-0.15, -0.1) is 0 Å². The molecule has 1 unspecified atom stereocenters. The molecule has 0 aromatic carbocycles. The first-order chi connectivity index (χ1) is 23.6. The summed E-state index contributed by atoms with van der Waals surface area (Å²) in [4.78, 5) is 2.55. The van der Waals surface area contributed by atoms with Crippen molar-refractivity contribution >= 4 is 0 Å². The maximum Gasteiger partial charge on any atom is 0.0888 e. The second-order valence-electron chi connectivity index (χ2n) is 15.6. The van der Waals surface area contributed by atoms with Crippen LogP contribution in [0.25, 0.3) is 0 Å². The van der Waals surface area contributed by atoms with Crippen molar-refractivity contribution in [1.29, 1.82) is 0 Å². The van der Waals surface area contributed by atoms with Crippen LogP contribution in [0.3, 0.4) is 0 Å². The number of nitrogens with zero attached hydrogens (tertiary/aromatic N) is 1. The number of hydrogen-bond donors (Lipinski definition) is 1. The highest BCUT2D eigenvalue weighted by Gasteiger charge is 2.13. The SMILES string of the molecule is C=C(CCCCCCCN(CCO)C(C)CCCCCCC(CCCCCCCC)CCCCCCCC)OCCCCCCCCC. The Morgan fingerprint density at radius 3 is 1.38 bits per heavy atom. The molecule has 0 radical (unpaired) electrons. The van der Waals surface area contributed by atoms with Gasteiger partial charge in [-0.2, -0.15) is 0 Å². The quantitative estimate of drug-likeness (QED) is 0.0516. The number of aliphatic hydroxyl groups is 1. The maximum absolute atomic E-state index is 9.71. The molecule has 0 saturated carbocycles. The Balaban J connectivity index is 4.02. The third-order valence-electron chi connectivity index (χ3n) is 10.9. The molecule has 0 saturated heterocycles. The van der Waals surface area contributed by atoms with E-state index in [0.717, 1.165) is 37.8 Å². The van der Waals surface area contributed by atoms with Crippen molar-refractivity contribution in [2.24, 2.45) is 5.92 Å². The van der Waals surface area contributed by atoms with Crippen molar-refractivity contribution in [3.8, 4) is 0 Å². The molecule has 1 atom stereocenters. The molecule has 0 aromatic heterocycles. The molecule has 0 bridgehead atoms. The lowest BCUT2D eigenvalue weighted by Crippen LogP contribution is -2.36. The van der Waals surface area contributed by atoms with Crippen molar-refractivity contribution < 1.29 is 9.84 Å². The average Bonchev–Trinajstić information content (AvgIpc) is 3.09. The van der Waals surface area contributed by atoms with Gasteiger partial charge in [0.1, 0.15) is 0 Å². The molecule has 3 heteroatoms. The predicted molar refractivity (Wildman–Crippen MR) is 216 cm³/mol. The summed E-state index contributed by atoms with van der Waals surface area (Å²) in [5, 5.41) is 9.71. The average molecular weight is 678 g/mol. The van der Waals surface area contributed by atoms with Gasteiger partial charge in [0, 0.05) is 19.0 Å². The van der Waals surface area contributed by atoms with E-state index in [1.165, 1.54) is 205 Å². The number of ether oxygens (including phenoxy) is 1. The van der Waals surface area contributed by atoms with Crippen LogP contribution in [0.4, 0.5) is 0 Å². The Hall–Kier alpha value is -0.540. The van der Waals surface area contributed by atoms with Crippen molar-refractivity contribution in [2.45, 2.75) is 246 Å². The van der Waals surface area contributed by atoms with Gasteiger partial charge in [-0.05, 0) is 45.1 Å². The fraction of sp³-hybridized carbons (Fsp3) is 0.956. The van der Waals surface area contributed by atoms with Crippen molar-refractivity contribution in [3.05, 3.63) is 12.3 Å². The minimum atomic E-state index is 0.282. The number of hydrogen-bond acceptors (Lipinski definition) is 3. The van der Waals surface area contributed by atoms with E-state index in [1.54, 1.807) is 0 Å². The van der Waals surface area contributed by atoms with Gasteiger partial charge >= 0.3 is 0 Å². The van der Waals surface area contributed by atoms with Crippen molar-refractivity contribution in [3.63, 3.8) is 0 Å². The van der Waals surface area contributed by atoms with Crippen LogP contribution in [0.1, 0.15) is 240 Å². The molecule has 3 nitrogen and oxygen atoms in total.